The predicted molar refractivity (Wildman–Crippen MR) is 83.8 cm³/mol. The van der Waals surface area contributed by atoms with Crippen molar-refractivity contribution < 1.29 is 13.6 Å². The highest BCUT2D eigenvalue weighted by molar-refractivity contribution is 9.10. The number of halogens is 2. The lowest BCUT2D eigenvalue weighted by atomic mass is 10.0. The molecule has 0 fully saturated rings. The van der Waals surface area contributed by atoms with Crippen LogP contribution in [0.15, 0.2) is 39.2 Å². The highest BCUT2D eigenvalue weighted by atomic mass is 79.9. The molecule has 3 nitrogen and oxygen atoms in total. The van der Waals surface area contributed by atoms with E-state index in [-0.39, 0.29) is 5.82 Å². The first-order chi connectivity index (χ1) is 10.0. The molecule has 0 unspecified atom stereocenters. The fraction of sp³-hybridized carbons (Fsp3) is 0.0625. The molecule has 2 N–H and O–H groups in total. The third kappa shape index (κ3) is 2.23. The number of carbonyl (C=O) groups is 1. The van der Waals surface area contributed by atoms with Crippen molar-refractivity contribution >= 4 is 38.9 Å². The van der Waals surface area contributed by atoms with Gasteiger partial charge in [0.05, 0.1) is 5.56 Å². The lowest BCUT2D eigenvalue weighted by Gasteiger charge is -2.03. The van der Waals surface area contributed by atoms with E-state index in [9.17, 15) is 9.18 Å². The number of rotatable bonds is 2. The third-order valence-electron chi connectivity index (χ3n) is 3.40. The van der Waals surface area contributed by atoms with E-state index in [1.165, 1.54) is 12.1 Å². The summed E-state index contributed by atoms with van der Waals surface area (Å²) in [6.07, 6.45) is 0.743. The van der Waals surface area contributed by atoms with E-state index in [4.69, 9.17) is 10.2 Å². The summed E-state index contributed by atoms with van der Waals surface area (Å²) in [6, 6.07) is 7.76. The molecule has 3 rings (SSSR count). The number of nitrogens with two attached hydrogens (primary N) is 1. The molecule has 0 saturated heterocycles. The Morgan fingerprint density at radius 1 is 1.29 bits per heavy atom. The smallest absolute Gasteiger partial charge is 0.154 e. The van der Waals surface area contributed by atoms with E-state index in [2.05, 4.69) is 15.9 Å². The number of carbonyl (C=O) groups excluding carboxylic acids is 1. The topological polar surface area (TPSA) is 56.2 Å². The molecule has 5 heteroatoms. The largest absolute Gasteiger partial charge is 0.455 e. The van der Waals surface area contributed by atoms with Crippen molar-refractivity contribution in [3.63, 3.8) is 0 Å². The zero-order valence-corrected chi connectivity index (χ0v) is 12.7. The van der Waals surface area contributed by atoms with Crippen LogP contribution in [0.2, 0.25) is 0 Å². The number of fused-ring (bicyclic) bond motifs is 1. The van der Waals surface area contributed by atoms with Crippen molar-refractivity contribution in [2.45, 2.75) is 6.92 Å². The Morgan fingerprint density at radius 2 is 2.05 bits per heavy atom. The molecule has 0 aliphatic carbocycles. The molecule has 1 aromatic heterocycles. The maximum atomic E-state index is 13.2. The Labute approximate surface area is 128 Å². The number of aryl methyl sites for hydroxylation is 1. The number of hydrogen-bond donors (Lipinski definition) is 1. The molecule has 106 valence electrons. The van der Waals surface area contributed by atoms with Gasteiger partial charge in [0.25, 0.3) is 0 Å². The molecule has 0 bridgehead atoms. The van der Waals surface area contributed by atoms with E-state index in [1.54, 1.807) is 25.1 Å². The number of benzene rings is 2. The molecule has 0 atom stereocenters. The minimum atomic E-state index is -0.327. The van der Waals surface area contributed by atoms with Crippen molar-refractivity contribution in [1.29, 1.82) is 0 Å². The van der Waals surface area contributed by atoms with Crippen LogP contribution in [0, 0.1) is 12.7 Å². The van der Waals surface area contributed by atoms with Crippen LogP contribution in [0.4, 0.5) is 10.1 Å². The van der Waals surface area contributed by atoms with Gasteiger partial charge in [0.15, 0.2) is 6.29 Å². The minimum absolute atomic E-state index is 0.327. The van der Waals surface area contributed by atoms with Gasteiger partial charge >= 0.3 is 0 Å². The Bertz CT molecular complexity index is 870. The number of aldehydes is 1. The van der Waals surface area contributed by atoms with Crippen LogP contribution in [0.25, 0.3) is 22.3 Å². The Morgan fingerprint density at radius 3 is 2.71 bits per heavy atom. The van der Waals surface area contributed by atoms with Gasteiger partial charge in [0, 0.05) is 27.2 Å². The fourth-order valence-corrected chi connectivity index (χ4v) is 2.69. The van der Waals surface area contributed by atoms with Gasteiger partial charge < -0.3 is 10.2 Å². The molecular formula is C16H11BrFNO2. The average molecular weight is 348 g/mol. The Kier molecular flexibility index (Phi) is 3.29. The molecule has 0 radical (unpaired) electrons. The molecule has 0 amide bonds. The van der Waals surface area contributed by atoms with Crippen LogP contribution in [0.1, 0.15) is 15.9 Å². The van der Waals surface area contributed by atoms with Crippen LogP contribution < -0.4 is 5.73 Å². The third-order valence-corrected chi connectivity index (χ3v) is 4.08. The van der Waals surface area contributed by atoms with Crippen molar-refractivity contribution in [3.05, 3.63) is 51.7 Å². The summed E-state index contributed by atoms with van der Waals surface area (Å²) in [5, 5.41) is 0.671. The molecule has 0 aliphatic rings. The average Bonchev–Trinajstić information content (AvgIpc) is 2.76. The highest BCUT2D eigenvalue weighted by Crippen LogP contribution is 2.37. The van der Waals surface area contributed by atoms with Crippen LogP contribution in [0.3, 0.4) is 0 Å². The van der Waals surface area contributed by atoms with Crippen molar-refractivity contribution in [3.8, 4) is 11.3 Å². The van der Waals surface area contributed by atoms with Gasteiger partial charge in [0.1, 0.15) is 17.2 Å². The van der Waals surface area contributed by atoms with Gasteiger partial charge in [-0.15, -0.1) is 0 Å². The van der Waals surface area contributed by atoms with Gasteiger partial charge in [-0.2, -0.15) is 0 Å². The zero-order chi connectivity index (χ0) is 15.1. The van der Waals surface area contributed by atoms with E-state index >= 15 is 0 Å². The second-order valence-electron chi connectivity index (χ2n) is 4.79. The molecular weight excluding hydrogens is 337 g/mol. The number of hydrogen-bond acceptors (Lipinski definition) is 3. The van der Waals surface area contributed by atoms with Crippen molar-refractivity contribution in [2.24, 2.45) is 0 Å². The number of anilines is 1. The highest BCUT2D eigenvalue weighted by Gasteiger charge is 2.18. The number of nitrogen functional groups attached to an aromatic ring is 1. The molecule has 1 heterocycles. The second-order valence-corrected chi connectivity index (χ2v) is 5.65. The van der Waals surface area contributed by atoms with E-state index in [1.807, 2.05) is 0 Å². The van der Waals surface area contributed by atoms with Crippen LogP contribution in [-0.4, -0.2) is 6.29 Å². The lowest BCUT2D eigenvalue weighted by Crippen LogP contribution is -1.88. The standard InChI is InChI=1S/C16H11BrFNO2/c1-8-4-9(18)2-3-10(8)16-12(7-20)11-5-13(17)14(19)6-15(11)21-16/h2-7H,19H2,1H3. The fourth-order valence-electron chi connectivity index (χ4n) is 2.35. The Hall–Kier alpha value is -2.14. The monoisotopic (exact) mass is 347 g/mol. The van der Waals surface area contributed by atoms with E-state index in [0.29, 0.717) is 43.6 Å². The summed E-state index contributed by atoms with van der Waals surface area (Å²) >= 11 is 3.34. The SMILES string of the molecule is Cc1cc(F)ccc1-c1oc2cc(N)c(Br)cc2c1C=O. The summed E-state index contributed by atoms with van der Waals surface area (Å²) in [7, 11) is 0. The van der Waals surface area contributed by atoms with Crippen LogP contribution >= 0.6 is 15.9 Å². The first-order valence-electron chi connectivity index (χ1n) is 6.24. The van der Waals surface area contributed by atoms with Gasteiger partial charge in [-0.3, -0.25) is 4.79 Å². The molecule has 0 spiro atoms. The van der Waals surface area contributed by atoms with Gasteiger partial charge in [0.2, 0.25) is 0 Å². The summed E-state index contributed by atoms with van der Waals surface area (Å²) in [6.45, 7) is 1.77. The van der Waals surface area contributed by atoms with Gasteiger partial charge in [-0.1, -0.05) is 0 Å². The van der Waals surface area contributed by atoms with E-state index in [0.717, 1.165) is 6.29 Å². The zero-order valence-electron chi connectivity index (χ0n) is 11.1. The summed E-state index contributed by atoms with van der Waals surface area (Å²) in [5.74, 6) is 0.0991. The predicted octanol–water partition coefficient (Wildman–Crippen LogP) is 4.70. The summed E-state index contributed by atoms with van der Waals surface area (Å²) in [4.78, 5) is 11.5. The summed E-state index contributed by atoms with van der Waals surface area (Å²) < 4.78 is 19.7. The Balaban J connectivity index is 2.34. The molecule has 0 saturated carbocycles. The van der Waals surface area contributed by atoms with Crippen LogP contribution in [-0.2, 0) is 0 Å². The normalized spacial score (nSPS) is 11.0. The maximum absolute atomic E-state index is 13.2. The lowest BCUT2D eigenvalue weighted by molar-refractivity contribution is 0.112. The summed E-state index contributed by atoms with van der Waals surface area (Å²) in [5.41, 5.74) is 8.69. The minimum Gasteiger partial charge on any atom is -0.455 e. The molecule has 21 heavy (non-hydrogen) atoms. The van der Waals surface area contributed by atoms with Crippen molar-refractivity contribution in [1.82, 2.24) is 0 Å². The molecule has 0 aliphatic heterocycles. The molecule has 3 aromatic rings. The van der Waals surface area contributed by atoms with Crippen LogP contribution in [0.5, 0.6) is 0 Å². The van der Waals surface area contributed by atoms with Gasteiger partial charge in [-0.05, 0) is 52.7 Å². The molecule has 2 aromatic carbocycles. The van der Waals surface area contributed by atoms with E-state index < -0.39 is 0 Å². The van der Waals surface area contributed by atoms with Crippen molar-refractivity contribution in [2.75, 3.05) is 5.73 Å². The van der Waals surface area contributed by atoms with Gasteiger partial charge in [-0.25, -0.2) is 4.39 Å². The second kappa shape index (κ2) is 5.00. The first-order valence-corrected chi connectivity index (χ1v) is 7.03. The number of furan rings is 1. The quantitative estimate of drug-likeness (QED) is 0.539. The maximum Gasteiger partial charge on any atom is 0.154 e. The first kappa shape index (κ1) is 13.8.